The monoisotopic (exact) mass is 353 g/mol. The average molecular weight is 353 g/mol. The number of morpholine rings is 1. The third kappa shape index (κ3) is 3.40. The summed E-state index contributed by atoms with van der Waals surface area (Å²) in [5.74, 6) is 1.16. The third-order valence-electron chi connectivity index (χ3n) is 4.65. The highest BCUT2D eigenvalue weighted by Gasteiger charge is 2.28. The van der Waals surface area contributed by atoms with E-state index in [2.05, 4.69) is 45.7 Å². The van der Waals surface area contributed by atoms with E-state index in [4.69, 9.17) is 9.26 Å². The minimum atomic E-state index is -0.0668. The van der Waals surface area contributed by atoms with Crippen LogP contribution in [0.15, 0.2) is 34.9 Å². The van der Waals surface area contributed by atoms with E-state index in [-0.39, 0.29) is 12.1 Å². The van der Waals surface area contributed by atoms with E-state index < -0.39 is 0 Å². The quantitative estimate of drug-likeness (QED) is 0.777. The van der Waals surface area contributed by atoms with Gasteiger partial charge in [-0.05, 0) is 38.5 Å². The first-order valence-corrected chi connectivity index (χ1v) is 8.89. The minimum absolute atomic E-state index is 0.00872. The van der Waals surface area contributed by atoms with E-state index in [1.54, 1.807) is 0 Å². The first-order chi connectivity index (χ1) is 12.6. The fourth-order valence-corrected chi connectivity index (χ4v) is 3.31. The Bertz CT molecular complexity index is 901. The van der Waals surface area contributed by atoms with Crippen molar-refractivity contribution in [1.29, 1.82) is 0 Å². The molecule has 2 aromatic heterocycles. The molecule has 1 aliphatic heterocycles. The largest absolute Gasteiger partial charge is 0.375 e. The van der Waals surface area contributed by atoms with Gasteiger partial charge in [-0.1, -0.05) is 23.4 Å². The van der Waals surface area contributed by atoms with Crippen molar-refractivity contribution in [2.45, 2.75) is 39.5 Å². The molecule has 3 aromatic rings. The van der Waals surface area contributed by atoms with Crippen molar-refractivity contribution in [2.75, 3.05) is 13.2 Å². The molecule has 7 heteroatoms. The van der Waals surface area contributed by atoms with Crippen LogP contribution in [0.2, 0.25) is 0 Å². The molecule has 136 valence electrons. The van der Waals surface area contributed by atoms with E-state index >= 15 is 0 Å². The van der Waals surface area contributed by atoms with Crippen molar-refractivity contribution in [3.63, 3.8) is 0 Å². The first-order valence-electron chi connectivity index (χ1n) is 8.89. The van der Waals surface area contributed by atoms with Gasteiger partial charge >= 0.3 is 0 Å². The molecule has 3 heterocycles. The van der Waals surface area contributed by atoms with Crippen LogP contribution >= 0.6 is 0 Å². The maximum Gasteiger partial charge on any atom is 0.246 e. The number of hydrogen-bond donors (Lipinski definition) is 1. The summed E-state index contributed by atoms with van der Waals surface area (Å²) in [7, 11) is 0. The second kappa shape index (κ2) is 7.01. The number of nitrogens with zero attached hydrogens (tertiary/aromatic N) is 4. The van der Waals surface area contributed by atoms with E-state index in [1.165, 1.54) is 0 Å². The third-order valence-corrected chi connectivity index (χ3v) is 4.65. The maximum atomic E-state index is 5.66. The minimum Gasteiger partial charge on any atom is -0.375 e. The van der Waals surface area contributed by atoms with Crippen LogP contribution in [0.25, 0.3) is 11.4 Å². The van der Waals surface area contributed by atoms with Crippen LogP contribution in [-0.2, 0) is 11.3 Å². The molecule has 7 nitrogen and oxygen atoms in total. The molecule has 1 aromatic carbocycles. The highest BCUT2D eigenvalue weighted by Crippen LogP contribution is 2.24. The molecule has 0 radical (unpaired) electrons. The van der Waals surface area contributed by atoms with Crippen LogP contribution in [0.5, 0.6) is 0 Å². The molecule has 0 bridgehead atoms. The van der Waals surface area contributed by atoms with Gasteiger partial charge in [0.15, 0.2) is 0 Å². The van der Waals surface area contributed by atoms with E-state index in [9.17, 15) is 0 Å². The lowest BCUT2D eigenvalue weighted by Crippen LogP contribution is -2.40. The number of ether oxygens (including phenoxy) is 1. The fourth-order valence-electron chi connectivity index (χ4n) is 3.31. The number of benzene rings is 1. The lowest BCUT2D eigenvalue weighted by atomic mass is 10.1. The Morgan fingerprint density at radius 1 is 1.27 bits per heavy atom. The summed E-state index contributed by atoms with van der Waals surface area (Å²) in [5.41, 5.74) is 4.25. The van der Waals surface area contributed by atoms with Gasteiger partial charge in [-0.25, -0.2) is 0 Å². The van der Waals surface area contributed by atoms with Crippen molar-refractivity contribution in [3.8, 4) is 11.4 Å². The zero-order chi connectivity index (χ0) is 18.1. The Balaban J connectivity index is 1.56. The predicted octanol–water partition coefficient (Wildman–Crippen LogP) is 2.65. The summed E-state index contributed by atoms with van der Waals surface area (Å²) in [6.07, 6.45) is 0.00872. The number of hydrogen-bond acceptors (Lipinski definition) is 6. The smallest absolute Gasteiger partial charge is 0.246 e. The molecule has 0 saturated carbocycles. The van der Waals surface area contributed by atoms with Crippen LogP contribution in [0.3, 0.4) is 0 Å². The molecule has 1 saturated heterocycles. The van der Waals surface area contributed by atoms with Gasteiger partial charge in [0.2, 0.25) is 11.7 Å². The van der Waals surface area contributed by atoms with E-state index in [0.29, 0.717) is 24.9 Å². The zero-order valence-electron chi connectivity index (χ0n) is 15.3. The normalized spacial score (nSPS) is 20.4. The highest BCUT2D eigenvalue weighted by molar-refractivity contribution is 5.55. The van der Waals surface area contributed by atoms with Gasteiger partial charge in [0.05, 0.1) is 24.9 Å². The Labute approximate surface area is 152 Å². The molecule has 2 atom stereocenters. The number of rotatable bonds is 4. The van der Waals surface area contributed by atoms with Gasteiger partial charge in [0.25, 0.3) is 0 Å². The Hall–Kier alpha value is -2.51. The predicted molar refractivity (Wildman–Crippen MR) is 96.7 cm³/mol. The molecule has 4 rings (SSSR count). The molecule has 0 spiro atoms. The topological polar surface area (TPSA) is 78.0 Å². The second-order valence-electron chi connectivity index (χ2n) is 6.75. The van der Waals surface area contributed by atoms with Crippen molar-refractivity contribution in [1.82, 2.24) is 25.2 Å². The summed E-state index contributed by atoms with van der Waals surface area (Å²) in [6, 6.07) is 10.2. The van der Waals surface area contributed by atoms with Crippen molar-refractivity contribution < 1.29 is 9.26 Å². The number of aryl methyl sites for hydroxylation is 2. The van der Waals surface area contributed by atoms with Crippen molar-refractivity contribution in [3.05, 3.63) is 53.2 Å². The summed E-state index contributed by atoms with van der Waals surface area (Å²) < 4.78 is 13.1. The molecule has 1 aliphatic rings. The second-order valence-corrected chi connectivity index (χ2v) is 6.75. The van der Waals surface area contributed by atoms with Gasteiger partial charge in [0, 0.05) is 17.8 Å². The fraction of sp³-hybridized carbons (Fsp3) is 0.421. The molecule has 26 heavy (non-hydrogen) atoms. The maximum absolute atomic E-state index is 5.66. The lowest BCUT2D eigenvalue weighted by molar-refractivity contribution is -0.00136. The molecule has 0 amide bonds. The summed E-state index contributed by atoms with van der Waals surface area (Å²) in [5, 5.41) is 12.1. The molecular formula is C19H23N5O2. The van der Waals surface area contributed by atoms with Gasteiger partial charge in [-0.2, -0.15) is 10.1 Å². The van der Waals surface area contributed by atoms with Crippen molar-refractivity contribution in [2.24, 2.45) is 0 Å². The van der Waals surface area contributed by atoms with E-state index in [1.807, 2.05) is 30.7 Å². The van der Waals surface area contributed by atoms with E-state index in [0.717, 1.165) is 29.1 Å². The number of nitrogens with one attached hydrogen (secondary N) is 1. The Morgan fingerprint density at radius 3 is 2.92 bits per heavy atom. The standard InChI is InChI=1S/C19H23N5O2/c1-12-9-13(2)24(22-12)11-15-5-4-6-16(10-15)18-21-19(26-23-18)17-14(3)25-8-7-20-17/h4-6,9-10,14,17,20H,7-8,11H2,1-3H3/t14-,17+/m1/s1. The number of aromatic nitrogens is 4. The molecule has 0 aliphatic carbocycles. The van der Waals surface area contributed by atoms with Crippen molar-refractivity contribution >= 4 is 0 Å². The zero-order valence-corrected chi connectivity index (χ0v) is 15.3. The SMILES string of the molecule is Cc1cc(C)n(Cc2cccc(-c3noc([C@H]4NCCO[C@@H]4C)n3)c2)n1. The Kier molecular flexibility index (Phi) is 4.57. The Morgan fingerprint density at radius 2 is 2.15 bits per heavy atom. The average Bonchev–Trinajstić information content (AvgIpc) is 3.23. The summed E-state index contributed by atoms with van der Waals surface area (Å²) in [4.78, 5) is 4.58. The van der Waals surface area contributed by atoms with Gasteiger partial charge in [-0.15, -0.1) is 0 Å². The molecule has 0 unspecified atom stereocenters. The summed E-state index contributed by atoms with van der Waals surface area (Å²) in [6.45, 7) is 8.28. The van der Waals surface area contributed by atoms with Crippen LogP contribution in [-0.4, -0.2) is 39.2 Å². The van der Waals surface area contributed by atoms with Gasteiger partial charge in [-0.3, -0.25) is 4.68 Å². The van der Waals surface area contributed by atoms with Crippen LogP contribution in [0.4, 0.5) is 0 Å². The van der Waals surface area contributed by atoms with Crippen LogP contribution in [0, 0.1) is 13.8 Å². The molecule has 1 fully saturated rings. The summed E-state index contributed by atoms with van der Waals surface area (Å²) >= 11 is 0. The van der Waals surface area contributed by atoms with Crippen LogP contribution < -0.4 is 5.32 Å². The van der Waals surface area contributed by atoms with Crippen LogP contribution in [0.1, 0.15) is 35.8 Å². The highest BCUT2D eigenvalue weighted by atomic mass is 16.5. The molecular weight excluding hydrogens is 330 g/mol. The van der Waals surface area contributed by atoms with Gasteiger partial charge in [0.1, 0.15) is 6.04 Å². The molecule has 1 N–H and O–H groups in total. The first kappa shape index (κ1) is 16.9. The van der Waals surface area contributed by atoms with Gasteiger partial charge < -0.3 is 14.6 Å². The lowest BCUT2D eigenvalue weighted by Gasteiger charge is -2.27.